The average molecular weight is 271 g/mol. The number of rotatable bonds is 6. The van der Waals surface area contributed by atoms with Crippen molar-refractivity contribution in [3.8, 4) is 0 Å². The molecule has 4 heteroatoms. The third-order valence-corrected chi connectivity index (χ3v) is 3.74. The fourth-order valence-corrected chi connectivity index (χ4v) is 3.22. The summed E-state index contributed by atoms with van der Waals surface area (Å²) in [5.74, 6) is 0.651. The molecule has 1 rings (SSSR count). The van der Waals surface area contributed by atoms with Crippen LogP contribution in [0, 0.1) is 11.3 Å². The molecule has 0 aromatic rings. The van der Waals surface area contributed by atoms with E-state index in [0.717, 1.165) is 32.1 Å². The van der Waals surface area contributed by atoms with Crippen LogP contribution in [-0.2, 0) is 4.74 Å². The Bertz CT molecular complexity index is 279. The first-order valence-corrected chi connectivity index (χ1v) is 7.47. The minimum absolute atomic E-state index is 0.210. The Labute approximate surface area is 116 Å². The summed E-state index contributed by atoms with van der Waals surface area (Å²) in [5.41, 5.74) is 0.302. The summed E-state index contributed by atoms with van der Waals surface area (Å²) in [6.07, 6.45) is 5.50. The smallest absolute Gasteiger partial charge is 0.407 e. The Hall–Kier alpha value is -0.770. The first kappa shape index (κ1) is 16.3. The maximum atomic E-state index is 11.7. The number of alkyl carbamates (subject to hydrolysis) is 1. The summed E-state index contributed by atoms with van der Waals surface area (Å²) < 4.78 is 5.16. The number of ether oxygens (including phenoxy) is 1. The highest BCUT2D eigenvalue weighted by Crippen LogP contribution is 2.38. The monoisotopic (exact) mass is 271 g/mol. The zero-order valence-corrected chi connectivity index (χ0v) is 12.6. The lowest BCUT2D eigenvalue weighted by Crippen LogP contribution is -2.43. The van der Waals surface area contributed by atoms with Crippen LogP contribution in [0.3, 0.4) is 0 Å². The average Bonchev–Trinajstić information content (AvgIpc) is 2.25. The van der Waals surface area contributed by atoms with Crippen LogP contribution in [0.5, 0.6) is 0 Å². The van der Waals surface area contributed by atoms with Gasteiger partial charge in [0.15, 0.2) is 0 Å². The summed E-state index contributed by atoms with van der Waals surface area (Å²) in [7, 11) is 0. The molecule has 1 aliphatic carbocycles. The molecule has 0 saturated heterocycles. The number of aliphatic hydroxyl groups excluding tert-OH is 1. The molecule has 0 bridgehead atoms. The van der Waals surface area contributed by atoms with E-state index in [2.05, 4.69) is 26.1 Å². The minimum Gasteiger partial charge on any atom is -0.450 e. The molecule has 1 fully saturated rings. The summed E-state index contributed by atoms with van der Waals surface area (Å²) in [5, 5.41) is 11.6. The molecule has 112 valence electrons. The third kappa shape index (κ3) is 6.81. The topological polar surface area (TPSA) is 58.6 Å². The van der Waals surface area contributed by atoms with Crippen molar-refractivity contribution >= 4 is 6.09 Å². The molecular weight excluding hydrogens is 242 g/mol. The standard InChI is InChI=1S/C15H29NO3/c1-12-9-13(11-15(2,3)10-12)16-14(18)19-8-6-4-5-7-17/h12-13,17H,4-11H2,1-3H3,(H,16,18). The van der Waals surface area contributed by atoms with Gasteiger partial charge >= 0.3 is 6.09 Å². The third-order valence-electron chi connectivity index (χ3n) is 3.74. The van der Waals surface area contributed by atoms with Crippen LogP contribution in [0.1, 0.15) is 59.3 Å². The Kier molecular flexibility index (Phi) is 6.63. The lowest BCUT2D eigenvalue weighted by molar-refractivity contribution is 0.116. The fourth-order valence-electron chi connectivity index (χ4n) is 3.22. The second kappa shape index (κ2) is 7.73. The van der Waals surface area contributed by atoms with E-state index in [1.54, 1.807) is 0 Å². The number of unbranched alkanes of at least 4 members (excludes halogenated alkanes) is 2. The SMILES string of the molecule is CC1CC(NC(=O)OCCCCCO)CC(C)(C)C1. The summed E-state index contributed by atoms with van der Waals surface area (Å²) in [6, 6.07) is 0.240. The van der Waals surface area contributed by atoms with Crippen LogP contribution in [0.15, 0.2) is 0 Å². The van der Waals surface area contributed by atoms with E-state index in [4.69, 9.17) is 9.84 Å². The highest BCUT2D eigenvalue weighted by molar-refractivity contribution is 5.67. The van der Waals surface area contributed by atoms with E-state index < -0.39 is 0 Å². The van der Waals surface area contributed by atoms with E-state index >= 15 is 0 Å². The molecule has 19 heavy (non-hydrogen) atoms. The zero-order valence-electron chi connectivity index (χ0n) is 12.6. The van der Waals surface area contributed by atoms with Gasteiger partial charge in [0.05, 0.1) is 6.61 Å². The van der Waals surface area contributed by atoms with Crippen molar-refractivity contribution in [2.75, 3.05) is 13.2 Å². The molecule has 0 aromatic carbocycles. The van der Waals surface area contributed by atoms with Crippen molar-refractivity contribution in [2.45, 2.75) is 65.3 Å². The number of carbonyl (C=O) groups is 1. The maximum absolute atomic E-state index is 11.7. The minimum atomic E-state index is -0.293. The second-order valence-corrected chi connectivity index (χ2v) is 6.67. The molecule has 2 atom stereocenters. The van der Waals surface area contributed by atoms with Crippen molar-refractivity contribution in [3.05, 3.63) is 0 Å². The van der Waals surface area contributed by atoms with Crippen LogP contribution < -0.4 is 5.32 Å². The molecule has 0 aromatic heterocycles. The lowest BCUT2D eigenvalue weighted by Gasteiger charge is -2.39. The van der Waals surface area contributed by atoms with Crippen LogP contribution in [0.2, 0.25) is 0 Å². The molecule has 1 saturated carbocycles. The van der Waals surface area contributed by atoms with Gasteiger partial charge in [0.2, 0.25) is 0 Å². The van der Waals surface area contributed by atoms with Crippen molar-refractivity contribution in [2.24, 2.45) is 11.3 Å². The number of carbonyl (C=O) groups excluding carboxylic acids is 1. The van der Waals surface area contributed by atoms with E-state index in [0.29, 0.717) is 17.9 Å². The van der Waals surface area contributed by atoms with Gasteiger partial charge < -0.3 is 15.2 Å². The van der Waals surface area contributed by atoms with Gasteiger partial charge in [0.25, 0.3) is 0 Å². The van der Waals surface area contributed by atoms with Crippen molar-refractivity contribution in [1.82, 2.24) is 5.32 Å². The zero-order chi connectivity index (χ0) is 14.3. The Morgan fingerprint density at radius 1 is 1.32 bits per heavy atom. The van der Waals surface area contributed by atoms with Gasteiger partial charge in [0, 0.05) is 12.6 Å². The van der Waals surface area contributed by atoms with Crippen molar-refractivity contribution in [3.63, 3.8) is 0 Å². The Morgan fingerprint density at radius 3 is 2.68 bits per heavy atom. The van der Waals surface area contributed by atoms with Gasteiger partial charge in [-0.2, -0.15) is 0 Å². The van der Waals surface area contributed by atoms with Gasteiger partial charge in [0.1, 0.15) is 0 Å². The quantitative estimate of drug-likeness (QED) is 0.730. The van der Waals surface area contributed by atoms with Crippen molar-refractivity contribution < 1.29 is 14.6 Å². The van der Waals surface area contributed by atoms with Crippen LogP contribution in [0.4, 0.5) is 4.79 Å². The molecule has 0 spiro atoms. The predicted octanol–water partition coefficient (Wildman–Crippen LogP) is 3.09. The molecule has 0 radical (unpaired) electrons. The Morgan fingerprint density at radius 2 is 2.05 bits per heavy atom. The van der Waals surface area contributed by atoms with Gasteiger partial charge in [-0.05, 0) is 49.9 Å². The predicted molar refractivity (Wildman–Crippen MR) is 76.0 cm³/mol. The van der Waals surface area contributed by atoms with Crippen LogP contribution >= 0.6 is 0 Å². The first-order valence-electron chi connectivity index (χ1n) is 7.47. The summed E-state index contributed by atoms with van der Waals surface area (Å²) >= 11 is 0. The first-order chi connectivity index (χ1) is 8.93. The van der Waals surface area contributed by atoms with Gasteiger partial charge in [-0.1, -0.05) is 20.8 Å². The lowest BCUT2D eigenvalue weighted by atomic mass is 9.71. The molecule has 1 aliphatic rings. The molecule has 2 N–H and O–H groups in total. The summed E-state index contributed by atoms with van der Waals surface area (Å²) in [6.45, 7) is 7.42. The number of hydrogen-bond donors (Lipinski definition) is 2. The van der Waals surface area contributed by atoms with E-state index in [1.807, 2.05) is 0 Å². The van der Waals surface area contributed by atoms with Crippen LogP contribution in [0.25, 0.3) is 0 Å². The van der Waals surface area contributed by atoms with E-state index in [9.17, 15) is 4.79 Å². The largest absolute Gasteiger partial charge is 0.450 e. The maximum Gasteiger partial charge on any atom is 0.407 e. The highest BCUT2D eigenvalue weighted by atomic mass is 16.5. The number of hydrogen-bond acceptors (Lipinski definition) is 3. The normalized spacial score (nSPS) is 25.9. The van der Waals surface area contributed by atoms with Gasteiger partial charge in [-0.25, -0.2) is 4.79 Å². The molecule has 0 aliphatic heterocycles. The fraction of sp³-hybridized carbons (Fsp3) is 0.933. The summed E-state index contributed by atoms with van der Waals surface area (Å²) in [4.78, 5) is 11.7. The molecule has 1 amide bonds. The van der Waals surface area contributed by atoms with E-state index in [-0.39, 0.29) is 18.7 Å². The van der Waals surface area contributed by atoms with E-state index in [1.165, 1.54) is 6.42 Å². The van der Waals surface area contributed by atoms with Crippen molar-refractivity contribution in [1.29, 1.82) is 0 Å². The molecule has 2 unspecified atom stereocenters. The molecular formula is C15H29NO3. The second-order valence-electron chi connectivity index (χ2n) is 6.67. The highest BCUT2D eigenvalue weighted by Gasteiger charge is 2.32. The van der Waals surface area contributed by atoms with Gasteiger partial charge in [-0.15, -0.1) is 0 Å². The number of aliphatic hydroxyl groups is 1. The molecule has 0 heterocycles. The number of nitrogens with one attached hydrogen (secondary N) is 1. The van der Waals surface area contributed by atoms with Crippen LogP contribution in [-0.4, -0.2) is 30.5 Å². The number of amides is 1. The molecule has 4 nitrogen and oxygen atoms in total. The Balaban J connectivity index is 2.20. The van der Waals surface area contributed by atoms with Gasteiger partial charge in [-0.3, -0.25) is 0 Å².